The van der Waals surface area contributed by atoms with Crippen LogP contribution in [0.1, 0.15) is 70.7 Å². The van der Waals surface area contributed by atoms with Crippen LogP contribution in [0.2, 0.25) is 0 Å². The molecule has 0 bridgehead atoms. The van der Waals surface area contributed by atoms with E-state index in [1.165, 1.54) is 121 Å². The molecule has 0 unspecified atom stereocenters. The molecule has 97 heavy (non-hydrogen) atoms. The minimum Gasteiger partial charge on any atom is -0.850 e. The first-order chi connectivity index (χ1) is 46.5. The van der Waals surface area contributed by atoms with Gasteiger partial charge in [0.2, 0.25) is 0 Å². The Morgan fingerprint density at radius 1 is 0.330 bits per heavy atom. The van der Waals surface area contributed by atoms with Crippen LogP contribution in [-0.2, 0) is 10.8 Å². The van der Waals surface area contributed by atoms with Gasteiger partial charge in [-0.3, -0.25) is 0 Å². The molecule has 0 fully saturated rings. The maximum atomic E-state index is 10.1. The van der Waals surface area contributed by atoms with E-state index in [9.17, 15) is 5.11 Å². The Bertz CT molecular complexity index is 5390. The zero-order chi connectivity index (χ0) is 66.0. The van der Waals surface area contributed by atoms with Gasteiger partial charge in [0, 0.05) is 65.0 Å². The Balaban J connectivity index is 0.000000145. The van der Waals surface area contributed by atoms with Gasteiger partial charge in [-0.25, -0.2) is 0 Å². The molecule has 0 aromatic heterocycles. The van der Waals surface area contributed by atoms with Gasteiger partial charge in [-0.15, -0.1) is 5.60 Å². The number of halogens is 2. The molecular formula is C90H72Br2N3NaO. The normalized spacial score (nSPS) is 12.9. The van der Waals surface area contributed by atoms with E-state index in [0.29, 0.717) is 0 Å². The van der Waals surface area contributed by atoms with Gasteiger partial charge in [-0.05, 0) is 225 Å². The smallest absolute Gasteiger partial charge is 0.850 e. The van der Waals surface area contributed by atoms with Gasteiger partial charge in [0.25, 0.3) is 0 Å². The van der Waals surface area contributed by atoms with E-state index in [4.69, 9.17) is 0 Å². The van der Waals surface area contributed by atoms with Crippen LogP contribution in [0.15, 0.2) is 312 Å². The van der Waals surface area contributed by atoms with Crippen molar-refractivity contribution < 1.29 is 34.7 Å². The van der Waals surface area contributed by atoms with Crippen molar-refractivity contribution in [2.75, 3.05) is 15.1 Å². The van der Waals surface area contributed by atoms with E-state index in [2.05, 4.69) is 317 Å². The van der Waals surface area contributed by atoms with Crippen LogP contribution >= 0.6 is 31.9 Å². The Morgan fingerprint density at radius 2 is 0.680 bits per heavy atom. The summed E-state index contributed by atoms with van der Waals surface area (Å²) in [6.45, 7) is 14.4. The second-order valence-corrected chi connectivity index (χ2v) is 29.0. The molecule has 0 saturated heterocycles. The average molecular weight is 1390 g/mol. The zero-order valence-electron chi connectivity index (χ0n) is 55.9. The fourth-order valence-corrected chi connectivity index (χ4v) is 15.6. The van der Waals surface area contributed by atoms with Crippen LogP contribution in [0.5, 0.6) is 0 Å². The topological polar surface area (TPSA) is 41.6 Å². The van der Waals surface area contributed by atoms with Gasteiger partial charge in [0.05, 0.1) is 5.69 Å². The molecule has 16 aromatic rings. The third-order valence-electron chi connectivity index (χ3n) is 19.1. The molecule has 16 aromatic carbocycles. The molecule has 0 amide bonds. The summed E-state index contributed by atoms with van der Waals surface area (Å²) in [5.74, 6) is 0. The maximum absolute atomic E-state index is 10.1. The second kappa shape index (κ2) is 26.4. The number of benzene rings is 16. The van der Waals surface area contributed by atoms with E-state index in [-0.39, 0.29) is 40.4 Å². The fraction of sp³-hybridized carbons (Fsp3) is 0.111. The summed E-state index contributed by atoms with van der Waals surface area (Å²) >= 11 is 7.42. The van der Waals surface area contributed by atoms with Crippen LogP contribution in [-0.4, -0.2) is 5.60 Å². The number of anilines is 8. The molecule has 0 saturated carbocycles. The van der Waals surface area contributed by atoms with Gasteiger partial charge in [0.1, 0.15) is 0 Å². The molecule has 2 aliphatic rings. The number of nitrogens with one attached hydrogen (secondary N) is 1. The predicted molar refractivity (Wildman–Crippen MR) is 416 cm³/mol. The van der Waals surface area contributed by atoms with E-state index in [0.717, 1.165) is 43.1 Å². The fourth-order valence-electron chi connectivity index (χ4n) is 14.8. The summed E-state index contributed by atoms with van der Waals surface area (Å²) in [4.78, 5) is 4.76. The third-order valence-corrected chi connectivity index (χ3v) is 20.3. The van der Waals surface area contributed by atoms with Crippen LogP contribution in [0.4, 0.5) is 45.5 Å². The summed E-state index contributed by atoms with van der Waals surface area (Å²) in [6, 6.07) is 109. The Hall–Kier alpha value is -9.08. The van der Waals surface area contributed by atoms with Crippen molar-refractivity contribution in [3.05, 3.63) is 335 Å². The molecule has 0 aliphatic heterocycles. The van der Waals surface area contributed by atoms with Crippen LogP contribution in [0, 0.1) is 0 Å². The zero-order valence-corrected chi connectivity index (χ0v) is 61.1. The minimum atomic E-state index is -0.750. The van der Waals surface area contributed by atoms with Crippen molar-refractivity contribution in [3.63, 3.8) is 0 Å². The van der Waals surface area contributed by atoms with Crippen molar-refractivity contribution in [2.45, 2.75) is 64.9 Å². The van der Waals surface area contributed by atoms with E-state index in [1.54, 1.807) is 20.8 Å². The van der Waals surface area contributed by atoms with Crippen molar-refractivity contribution in [1.29, 1.82) is 0 Å². The summed E-state index contributed by atoms with van der Waals surface area (Å²) < 4.78 is 2.31. The quantitative estimate of drug-likeness (QED) is 0.122. The Morgan fingerprint density at radius 3 is 1.14 bits per heavy atom. The first-order valence-electron chi connectivity index (χ1n) is 33.0. The van der Waals surface area contributed by atoms with Gasteiger partial charge in [-0.2, -0.15) is 0 Å². The number of hydrogen-bond acceptors (Lipinski definition) is 4. The van der Waals surface area contributed by atoms with E-state index < -0.39 is 5.60 Å². The first kappa shape index (κ1) is 65.2. The third kappa shape index (κ3) is 12.2. The summed E-state index contributed by atoms with van der Waals surface area (Å²) in [7, 11) is 0. The molecule has 0 atom stereocenters. The van der Waals surface area contributed by atoms with Crippen molar-refractivity contribution in [2.24, 2.45) is 0 Å². The molecule has 1 N–H and O–H groups in total. The molecular weight excluding hydrogens is 1320 g/mol. The largest absolute Gasteiger partial charge is 1.00 e. The molecule has 2 aliphatic carbocycles. The number of hydrogen-bond donors (Lipinski definition) is 1. The number of para-hydroxylation sites is 6. The molecule has 468 valence electrons. The minimum absolute atomic E-state index is 0. The van der Waals surface area contributed by atoms with Gasteiger partial charge in [0.15, 0.2) is 0 Å². The summed E-state index contributed by atoms with van der Waals surface area (Å²) in [5, 5.41) is 29.3. The van der Waals surface area contributed by atoms with Gasteiger partial charge < -0.3 is 20.2 Å². The maximum Gasteiger partial charge on any atom is 1.00 e. The predicted octanol–water partition coefficient (Wildman–Crippen LogP) is 22.8. The molecule has 7 heteroatoms. The average Bonchev–Trinajstić information content (AvgIpc) is 1.60. The monoisotopic (exact) mass is 1390 g/mol. The number of fused-ring (bicyclic) bond motifs is 8. The number of rotatable bonds is 8. The molecule has 4 nitrogen and oxygen atoms in total. The summed E-state index contributed by atoms with van der Waals surface area (Å²) in [5.41, 5.74) is 19.3. The summed E-state index contributed by atoms with van der Waals surface area (Å²) in [6.07, 6.45) is 0. The Kier molecular flexibility index (Phi) is 17.7. The molecule has 18 rings (SSSR count). The second-order valence-electron chi connectivity index (χ2n) is 27.2. The van der Waals surface area contributed by atoms with Crippen molar-refractivity contribution in [1.82, 2.24) is 0 Å². The van der Waals surface area contributed by atoms with E-state index in [1.807, 2.05) is 60.7 Å². The van der Waals surface area contributed by atoms with Crippen LogP contribution in [0.25, 0.3) is 86.9 Å². The standard InChI is InChI=1S/C49H36N2.C25H16Br2.C12H11N.C4H9O.Na/c1-49(2)43-32-39(50(35-15-7-3-8-16-35)36-17-9-4-10-18-36)26-29-40(43)48-42-28-23-33-25-30-45(41-27-24-34(31-44(48)49)47(42)46(33)41)51(37-19-11-5-12-20-37)38-21-13-6-14-22-38;1-25(2)19-12-15(26)6-9-16(19)24-18-8-3-13-5-10-21(27)17-7-4-14(11-20(24)25)23(18)22(13)17;1-3-7-11(8-4-1)13-12-9-5-2-6-10-12;1-4(2,3)5;/h3-32H,1-2H3;3-12H,1-2H3;1-10,13H;1-3H3;/q;;;-1;+1. The van der Waals surface area contributed by atoms with Crippen molar-refractivity contribution in [3.8, 4) is 22.3 Å². The Labute approximate surface area is 608 Å². The van der Waals surface area contributed by atoms with Crippen LogP contribution < -0.4 is 49.8 Å². The number of nitrogens with zero attached hydrogens (tertiary/aromatic N) is 2. The van der Waals surface area contributed by atoms with Crippen LogP contribution in [0.3, 0.4) is 0 Å². The molecule has 0 spiro atoms. The van der Waals surface area contributed by atoms with E-state index >= 15 is 0 Å². The molecule has 0 radical (unpaired) electrons. The molecule has 0 heterocycles. The SMILES string of the molecule is CC(C)(C)[O-].CC1(C)c2cc(Br)ccc2-c2c1cc1ccc3c(Br)ccc4ccc2c1c43.CC1(C)c2cc(N(c3ccccc3)c3ccccc3)ccc2-c2c1cc1ccc3c(N(c4ccccc4)c4ccccc4)ccc4ccc2c1c43.[Na+].c1ccc(Nc2ccccc2)cc1. The van der Waals surface area contributed by atoms with Gasteiger partial charge in [-0.1, -0.05) is 262 Å². The first-order valence-corrected chi connectivity index (χ1v) is 34.6. The van der Waals surface area contributed by atoms with Crippen molar-refractivity contribution >= 4 is 142 Å². The van der Waals surface area contributed by atoms with Gasteiger partial charge >= 0.3 is 29.6 Å².